The van der Waals surface area contributed by atoms with E-state index in [4.69, 9.17) is 11.6 Å². The standard InChI is InChI=1S/C20H23ClN2O/c21-18-6-4-5-17(13-18)14-20(24)22-15-16-7-9-19(10-8-16)23-11-2-1-3-12-23/h4-10,13H,1-3,11-12,14-15H2,(H,22,24). The molecule has 1 fully saturated rings. The molecular weight excluding hydrogens is 320 g/mol. The van der Waals surface area contributed by atoms with Gasteiger partial charge in [-0.05, 0) is 54.7 Å². The molecule has 126 valence electrons. The van der Waals surface area contributed by atoms with Crippen molar-refractivity contribution in [3.8, 4) is 0 Å². The number of hydrogen-bond donors (Lipinski definition) is 1. The van der Waals surface area contributed by atoms with E-state index < -0.39 is 0 Å². The molecule has 1 amide bonds. The Morgan fingerprint density at radius 3 is 2.46 bits per heavy atom. The molecule has 1 heterocycles. The molecule has 0 radical (unpaired) electrons. The first kappa shape index (κ1) is 16.8. The van der Waals surface area contributed by atoms with E-state index in [1.807, 2.05) is 24.3 Å². The highest BCUT2D eigenvalue weighted by atomic mass is 35.5. The third-order valence-electron chi connectivity index (χ3n) is 4.40. The van der Waals surface area contributed by atoms with Crippen molar-refractivity contribution in [3.05, 3.63) is 64.7 Å². The van der Waals surface area contributed by atoms with Gasteiger partial charge < -0.3 is 10.2 Å². The smallest absolute Gasteiger partial charge is 0.224 e. The monoisotopic (exact) mass is 342 g/mol. The predicted molar refractivity (Wildman–Crippen MR) is 99.5 cm³/mol. The second kappa shape index (κ2) is 8.20. The van der Waals surface area contributed by atoms with Crippen LogP contribution >= 0.6 is 11.6 Å². The molecule has 1 aliphatic rings. The summed E-state index contributed by atoms with van der Waals surface area (Å²) < 4.78 is 0. The minimum absolute atomic E-state index is 0.0115. The number of carbonyl (C=O) groups excluding carboxylic acids is 1. The van der Waals surface area contributed by atoms with Crippen LogP contribution in [0.25, 0.3) is 0 Å². The number of hydrogen-bond acceptors (Lipinski definition) is 2. The molecule has 2 aromatic rings. The Morgan fingerprint density at radius 1 is 1.00 bits per heavy atom. The molecule has 3 rings (SSSR count). The third-order valence-corrected chi connectivity index (χ3v) is 4.64. The Hall–Kier alpha value is -2.00. The average molecular weight is 343 g/mol. The molecule has 1 aliphatic heterocycles. The van der Waals surface area contributed by atoms with E-state index in [1.54, 1.807) is 0 Å². The van der Waals surface area contributed by atoms with E-state index in [1.165, 1.54) is 24.9 Å². The number of nitrogens with one attached hydrogen (secondary N) is 1. The summed E-state index contributed by atoms with van der Waals surface area (Å²) in [6.45, 7) is 2.85. The Labute approximate surface area is 148 Å². The third kappa shape index (κ3) is 4.75. The van der Waals surface area contributed by atoms with Gasteiger partial charge in [-0.15, -0.1) is 0 Å². The highest BCUT2D eigenvalue weighted by Gasteiger charge is 2.10. The lowest BCUT2D eigenvalue weighted by Crippen LogP contribution is -2.29. The Balaban J connectivity index is 1.50. The first-order valence-corrected chi connectivity index (χ1v) is 8.93. The largest absolute Gasteiger partial charge is 0.372 e. The summed E-state index contributed by atoms with van der Waals surface area (Å²) in [6, 6.07) is 15.9. The fraction of sp³-hybridized carbons (Fsp3) is 0.350. The summed E-state index contributed by atoms with van der Waals surface area (Å²) in [5, 5.41) is 3.63. The van der Waals surface area contributed by atoms with Crippen LogP contribution in [0.1, 0.15) is 30.4 Å². The topological polar surface area (TPSA) is 32.3 Å². The lowest BCUT2D eigenvalue weighted by atomic mass is 10.1. The number of halogens is 1. The van der Waals surface area contributed by atoms with Crippen molar-refractivity contribution in [2.45, 2.75) is 32.2 Å². The first-order chi connectivity index (χ1) is 11.7. The Kier molecular flexibility index (Phi) is 5.76. The Morgan fingerprint density at radius 2 is 1.75 bits per heavy atom. The van der Waals surface area contributed by atoms with E-state index in [0.29, 0.717) is 18.0 Å². The van der Waals surface area contributed by atoms with Crippen molar-refractivity contribution in [2.75, 3.05) is 18.0 Å². The van der Waals surface area contributed by atoms with E-state index in [-0.39, 0.29) is 5.91 Å². The number of benzene rings is 2. The van der Waals surface area contributed by atoms with Crippen LogP contribution in [0.15, 0.2) is 48.5 Å². The molecule has 3 nitrogen and oxygen atoms in total. The van der Waals surface area contributed by atoms with Crippen molar-refractivity contribution in [1.29, 1.82) is 0 Å². The molecule has 0 unspecified atom stereocenters. The highest BCUT2D eigenvalue weighted by Crippen LogP contribution is 2.20. The quantitative estimate of drug-likeness (QED) is 0.883. The predicted octanol–water partition coefficient (Wildman–Crippen LogP) is 4.19. The van der Waals surface area contributed by atoms with Gasteiger partial charge in [-0.3, -0.25) is 4.79 Å². The number of rotatable bonds is 5. The number of nitrogens with zero attached hydrogens (tertiary/aromatic N) is 1. The second-order valence-corrected chi connectivity index (χ2v) is 6.73. The number of anilines is 1. The second-order valence-electron chi connectivity index (χ2n) is 6.30. The molecule has 0 spiro atoms. The molecule has 1 saturated heterocycles. The number of carbonyl (C=O) groups is 1. The van der Waals surface area contributed by atoms with Crippen molar-refractivity contribution in [3.63, 3.8) is 0 Å². The summed E-state index contributed by atoms with van der Waals surface area (Å²) in [6.07, 6.45) is 4.25. The molecule has 0 saturated carbocycles. The summed E-state index contributed by atoms with van der Waals surface area (Å²) in [5.41, 5.74) is 3.33. The van der Waals surface area contributed by atoms with E-state index in [0.717, 1.165) is 24.2 Å². The van der Waals surface area contributed by atoms with Gasteiger partial charge in [-0.1, -0.05) is 35.9 Å². The minimum Gasteiger partial charge on any atom is -0.372 e. The molecule has 24 heavy (non-hydrogen) atoms. The van der Waals surface area contributed by atoms with Crippen LogP contribution in [0.4, 0.5) is 5.69 Å². The maximum absolute atomic E-state index is 12.0. The van der Waals surface area contributed by atoms with Crippen LogP contribution in [-0.4, -0.2) is 19.0 Å². The fourth-order valence-electron chi connectivity index (χ4n) is 3.07. The molecule has 0 aromatic heterocycles. The van der Waals surface area contributed by atoms with Crippen LogP contribution in [0, 0.1) is 0 Å². The fourth-order valence-corrected chi connectivity index (χ4v) is 3.29. The average Bonchev–Trinajstić information content (AvgIpc) is 2.61. The maximum atomic E-state index is 12.0. The zero-order chi connectivity index (χ0) is 16.8. The normalized spacial score (nSPS) is 14.5. The minimum atomic E-state index is 0.0115. The lowest BCUT2D eigenvalue weighted by Gasteiger charge is -2.28. The summed E-state index contributed by atoms with van der Waals surface area (Å²) in [5.74, 6) is 0.0115. The van der Waals surface area contributed by atoms with Gasteiger partial charge >= 0.3 is 0 Å². The molecule has 4 heteroatoms. The maximum Gasteiger partial charge on any atom is 0.224 e. The van der Waals surface area contributed by atoms with Gasteiger partial charge in [0.1, 0.15) is 0 Å². The van der Waals surface area contributed by atoms with Crippen LogP contribution < -0.4 is 10.2 Å². The van der Waals surface area contributed by atoms with Gasteiger partial charge in [0.2, 0.25) is 5.91 Å². The Bertz CT molecular complexity index is 678. The van der Waals surface area contributed by atoms with E-state index >= 15 is 0 Å². The van der Waals surface area contributed by atoms with Gasteiger partial charge in [-0.25, -0.2) is 0 Å². The van der Waals surface area contributed by atoms with Crippen molar-refractivity contribution in [1.82, 2.24) is 5.32 Å². The van der Waals surface area contributed by atoms with Gasteiger partial charge in [0.05, 0.1) is 6.42 Å². The first-order valence-electron chi connectivity index (χ1n) is 8.56. The van der Waals surface area contributed by atoms with Crippen LogP contribution in [0.2, 0.25) is 5.02 Å². The van der Waals surface area contributed by atoms with Crippen molar-refractivity contribution < 1.29 is 4.79 Å². The summed E-state index contributed by atoms with van der Waals surface area (Å²) >= 11 is 5.94. The summed E-state index contributed by atoms with van der Waals surface area (Å²) in [7, 11) is 0. The zero-order valence-corrected chi connectivity index (χ0v) is 14.6. The van der Waals surface area contributed by atoms with Gasteiger partial charge in [-0.2, -0.15) is 0 Å². The molecule has 0 bridgehead atoms. The lowest BCUT2D eigenvalue weighted by molar-refractivity contribution is -0.120. The van der Waals surface area contributed by atoms with E-state index in [9.17, 15) is 4.79 Å². The zero-order valence-electron chi connectivity index (χ0n) is 13.8. The number of piperidine rings is 1. The number of amides is 1. The van der Waals surface area contributed by atoms with Crippen LogP contribution in [-0.2, 0) is 17.8 Å². The molecule has 0 atom stereocenters. The van der Waals surface area contributed by atoms with Crippen LogP contribution in [0.5, 0.6) is 0 Å². The molecule has 0 aliphatic carbocycles. The molecular formula is C20H23ClN2O. The van der Waals surface area contributed by atoms with Gasteiger partial charge in [0, 0.05) is 30.3 Å². The molecule has 2 aromatic carbocycles. The van der Waals surface area contributed by atoms with Crippen LogP contribution in [0.3, 0.4) is 0 Å². The van der Waals surface area contributed by atoms with Crippen molar-refractivity contribution in [2.24, 2.45) is 0 Å². The van der Waals surface area contributed by atoms with Gasteiger partial charge in [0.15, 0.2) is 0 Å². The molecule has 1 N–H and O–H groups in total. The summed E-state index contributed by atoms with van der Waals surface area (Å²) in [4.78, 5) is 14.5. The SMILES string of the molecule is O=C(Cc1cccc(Cl)c1)NCc1ccc(N2CCCCC2)cc1. The van der Waals surface area contributed by atoms with Crippen molar-refractivity contribution >= 4 is 23.2 Å². The van der Waals surface area contributed by atoms with Gasteiger partial charge in [0.25, 0.3) is 0 Å². The van der Waals surface area contributed by atoms with E-state index in [2.05, 4.69) is 34.5 Å². The highest BCUT2D eigenvalue weighted by molar-refractivity contribution is 6.30.